The molecule has 1 aromatic carbocycles. The van der Waals surface area contributed by atoms with Gasteiger partial charge in [-0.25, -0.2) is 0 Å². The number of rotatable bonds is 3. The lowest BCUT2D eigenvalue weighted by Crippen LogP contribution is -2.07. The van der Waals surface area contributed by atoms with Crippen LogP contribution >= 0.6 is 15.9 Å². The number of aryl methyl sites for hydroxylation is 1. The molecule has 0 spiro atoms. The predicted molar refractivity (Wildman–Crippen MR) is 69.8 cm³/mol. The maximum atomic E-state index is 12.1. The highest BCUT2D eigenvalue weighted by Crippen LogP contribution is 2.29. The Morgan fingerprint density at radius 3 is 2.69 bits per heavy atom. The predicted octanol–water partition coefficient (Wildman–Crippen LogP) is 4.52. The number of benzene rings is 1. The Balaban J connectivity index is 2.08. The van der Waals surface area contributed by atoms with Crippen LogP contribution in [0, 0.1) is 12.8 Å². The largest absolute Gasteiger partial charge is 0.294 e. The lowest BCUT2D eigenvalue weighted by atomic mass is 9.95. The van der Waals surface area contributed by atoms with Crippen molar-refractivity contribution in [3.05, 3.63) is 33.8 Å². The molecule has 0 amide bonds. The fourth-order valence-corrected chi connectivity index (χ4v) is 3.00. The average Bonchev–Trinajstić information content (AvgIpc) is 2.70. The maximum absolute atomic E-state index is 12.1. The summed E-state index contributed by atoms with van der Waals surface area (Å²) >= 11 is 3.42. The first kappa shape index (κ1) is 11.8. The van der Waals surface area contributed by atoms with Gasteiger partial charge in [-0.15, -0.1) is 0 Å². The highest BCUT2D eigenvalue weighted by atomic mass is 79.9. The molecule has 2 heteroatoms. The van der Waals surface area contributed by atoms with Crippen LogP contribution in [0.25, 0.3) is 0 Å². The molecule has 2 rings (SSSR count). The van der Waals surface area contributed by atoms with E-state index >= 15 is 0 Å². The minimum atomic E-state index is 0.317. The van der Waals surface area contributed by atoms with E-state index in [9.17, 15) is 4.79 Å². The smallest absolute Gasteiger partial charge is 0.163 e. The van der Waals surface area contributed by atoms with Gasteiger partial charge >= 0.3 is 0 Å². The second kappa shape index (κ2) is 5.13. The summed E-state index contributed by atoms with van der Waals surface area (Å²) in [7, 11) is 0. The van der Waals surface area contributed by atoms with Gasteiger partial charge in [0.1, 0.15) is 0 Å². The van der Waals surface area contributed by atoms with E-state index in [0.29, 0.717) is 11.7 Å². The monoisotopic (exact) mass is 280 g/mol. The highest BCUT2D eigenvalue weighted by Gasteiger charge is 2.20. The molecule has 1 aromatic rings. The molecule has 16 heavy (non-hydrogen) atoms. The van der Waals surface area contributed by atoms with Gasteiger partial charge in [0, 0.05) is 16.5 Å². The summed E-state index contributed by atoms with van der Waals surface area (Å²) in [5.41, 5.74) is 1.98. The molecule has 1 nitrogen and oxygen atoms in total. The molecule has 0 aromatic heterocycles. The third kappa shape index (κ3) is 2.73. The first-order valence-electron chi connectivity index (χ1n) is 5.96. The van der Waals surface area contributed by atoms with E-state index in [2.05, 4.69) is 15.9 Å². The Bertz CT molecular complexity index is 392. The van der Waals surface area contributed by atoms with Gasteiger partial charge in [0.25, 0.3) is 0 Å². The molecule has 0 atom stereocenters. The van der Waals surface area contributed by atoms with E-state index in [1.54, 1.807) is 0 Å². The third-order valence-electron chi connectivity index (χ3n) is 3.44. The highest BCUT2D eigenvalue weighted by molar-refractivity contribution is 9.10. The molecule has 0 saturated heterocycles. The molecule has 0 heterocycles. The minimum Gasteiger partial charge on any atom is -0.294 e. The second-order valence-corrected chi connectivity index (χ2v) is 5.65. The summed E-state index contributed by atoms with van der Waals surface area (Å²) < 4.78 is 1.04. The number of Topliss-reactive ketones (excluding diaryl/α,β-unsaturated/α-hetero) is 1. The molecule has 1 saturated carbocycles. The summed E-state index contributed by atoms with van der Waals surface area (Å²) in [6.45, 7) is 2.01. The zero-order valence-corrected chi connectivity index (χ0v) is 11.2. The fourth-order valence-electron chi connectivity index (χ4n) is 2.53. The average molecular weight is 281 g/mol. The first-order chi connectivity index (χ1) is 7.66. The maximum Gasteiger partial charge on any atom is 0.163 e. The number of ketones is 1. The zero-order valence-electron chi connectivity index (χ0n) is 9.63. The molecule has 86 valence electrons. The topological polar surface area (TPSA) is 17.1 Å². The van der Waals surface area contributed by atoms with Crippen molar-refractivity contribution in [2.75, 3.05) is 0 Å². The molecule has 0 unspecified atom stereocenters. The van der Waals surface area contributed by atoms with Crippen LogP contribution in [0.4, 0.5) is 0 Å². The van der Waals surface area contributed by atoms with Crippen molar-refractivity contribution in [3.8, 4) is 0 Å². The lowest BCUT2D eigenvalue weighted by molar-refractivity contribution is 0.0961. The first-order valence-corrected chi connectivity index (χ1v) is 6.75. The van der Waals surface area contributed by atoms with Crippen molar-refractivity contribution in [1.82, 2.24) is 0 Å². The minimum absolute atomic E-state index is 0.317. The van der Waals surface area contributed by atoms with E-state index in [4.69, 9.17) is 0 Å². The van der Waals surface area contributed by atoms with Gasteiger partial charge in [-0.3, -0.25) is 4.79 Å². The van der Waals surface area contributed by atoms with Crippen molar-refractivity contribution < 1.29 is 4.79 Å². The van der Waals surface area contributed by atoms with Crippen molar-refractivity contribution in [3.63, 3.8) is 0 Å². The second-order valence-electron chi connectivity index (χ2n) is 4.74. The summed E-state index contributed by atoms with van der Waals surface area (Å²) in [6.07, 6.45) is 5.82. The number of hydrogen-bond donors (Lipinski definition) is 0. The lowest BCUT2D eigenvalue weighted by Gasteiger charge is -2.09. The van der Waals surface area contributed by atoms with E-state index < -0.39 is 0 Å². The standard InChI is InChI=1S/C14H17BrO/c1-10-8-12(15)6-7-13(10)14(16)9-11-4-2-3-5-11/h6-8,11H,2-5,9H2,1H3. The van der Waals surface area contributed by atoms with Gasteiger partial charge in [0.2, 0.25) is 0 Å². The number of hydrogen-bond acceptors (Lipinski definition) is 1. The van der Waals surface area contributed by atoms with Crippen LogP contribution in [0.5, 0.6) is 0 Å². The van der Waals surface area contributed by atoms with Gasteiger partial charge in [-0.1, -0.05) is 47.7 Å². The summed E-state index contributed by atoms with van der Waals surface area (Å²) in [5.74, 6) is 0.951. The van der Waals surface area contributed by atoms with Crippen LogP contribution in [0.2, 0.25) is 0 Å². The number of carbonyl (C=O) groups excluding carboxylic acids is 1. The number of halogens is 1. The van der Waals surface area contributed by atoms with Gasteiger partial charge in [0.15, 0.2) is 5.78 Å². The van der Waals surface area contributed by atoms with Crippen molar-refractivity contribution >= 4 is 21.7 Å². The van der Waals surface area contributed by atoms with E-state index in [0.717, 1.165) is 22.0 Å². The Labute approximate surface area is 105 Å². The van der Waals surface area contributed by atoms with Gasteiger partial charge in [-0.05, 0) is 30.5 Å². The molecule has 0 N–H and O–H groups in total. The van der Waals surface area contributed by atoms with E-state index in [1.165, 1.54) is 25.7 Å². The van der Waals surface area contributed by atoms with Crippen LogP contribution < -0.4 is 0 Å². The Morgan fingerprint density at radius 2 is 2.06 bits per heavy atom. The normalized spacial score (nSPS) is 16.6. The quantitative estimate of drug-likeness (QED) is 0.744. The zero-order chi connectivity index (χ0) is 11.5. The SMILES string of the molecule is Cc1cc(Br)ccc1C(=O)CC1CCCC1. The van der Waals surface area contributed by atoms with E-state index in [1.807, 2.05) is 25.1 Å². The molecule has 0 radical (unpaired) electrons. The molecule has 1 aliphatic rings. The van der Waals surface area contributed by atoms with Crippen molar-refractivity contribution in [1.29, 1.82) is 0 Å². The number of carbonyl (C=O) groups is 1. The molecule has 1 fully saturated rings. The van der Waals surface area contributed by atoms with Crippen LogP contribution in [-0.2, 0) is 0 Å². The summed E-state index contributed by atoms with van der Waals surface area (Å²) in [5, 5.41) is 0. The summed E-state index contributed by atoms with van der Waals surface area (Å²) in [6, 6.07) is 5.91. The Kier molecular flexibility index (Phi) is 3.80. The molecule has 0 bridgehead atoms. The van der Waals surface area contributed by atoms with Crippen LogP contribution in [0.3, 0.4) is 0 Å². The molecule has 1 aliphatic carbocycles. The van der Waals surface area contributed by atoms with E-state index in [-0.39, 0.29) is 0 Å². The van der Waals surface area contributed by atoms with Crippen molar-refractivity contribution in [2.24, 2.45) is 5.92 Å². The Morgan fingerprint density at radius 1 is 1.38 bits per heavy atom. The summed E-state index contributed by atoms with van der Waals surface area (Å²) in [4.78, 5) is 12.1. The van der Waals surface area contributed by atoms with Gasteiger partial charge < -0.3 is 0 Å². The van der Waals surface area contributed by atoms with Crippen LogP contribution in [0.1, 0.15) is 48.0 Å². The van der Waals surface area contributed by atoms with Crippen LogP contribution in [0.15, 0.2) is 22.7 Å². The van der Waals surface area contributed by atoms with Gasteiger partial charge in [-0.2, -0.15) is 0 Å². The van der Waals surface area contributed by atoms with Crippen LogP contribution in [-0.4, -0.2) is 5.78 Å². The molecular weight excluding hydrogens is 264 g/mol. The fraction of sp³-hybridized carbons (Fsp3) is 0.500. The Hall–Kier alpha value is -0.630. The van der Waals surface area contributed by atoms with Crippen molar-refractivity contribution in [2.45, 2.75) is 39.0 Å². The van der Waals surface area contributed by atoms with Gasteiger partial charge in [0.05, 0.1) is 0 Å². The molecular formula is C14H17BrO. The molecule has 0 aliphatic heterocycles. The third-order valence-corrected chi connectivity index (χ3v) is 3.93.